The van der Waals surface area contributed by atoms with E-state index in [9.17, 15) is 16.8 Å². The van der Waals surface area contributed by atoms with E-state index >= 15 is 0 Å². The first-order valence-electron chi connectivity index (χ1n) is 9.69. The van der Waals surface area contributed by atoms with E-state index in [4.69, 9.17) is 8.92 Å². The van der Waals surface area contributed by atoms with Crippen molar-refractivity contribution in [3.05, 3.63) is 41.5 Å². The standard InChI is InChI=1S/C20H26N2O6S3/c1-14(2)21-19-12-17-18(28-31(25,26)16-8-6-15(3)7-9-16)13-22(10-5-11-27-4)30(23,24)20(17)29-19/h6-9,12,18H,5,10-11,13H2,1-4H3. The highest BCUT2D eigenvalue weighted by Gasteiger charge is 2.41. The Morgan fingerprint density at radius 2 is 1.94 bits per heavy atom. The monoisotopic (exact) mass is 486 g/mol. The van der Waals surface area contributed by atoms with Crippen molar-refractivity contribution in [2.75, 3.05) is 26.8 Å². The first-order valence-corrected chi connectivity index (χ1v) is 13.4. The topological polar surface area (TPSA) is 102 Å². The van der Waals surface area contributed by atoms with E-state index in [0.29, 0.717) is 23.6 Å². The molecule has 0 aliphatic carbocycles. The molecule has 0 bridgehead atoms. The van der Waals surface area contributed by atoms with Gasteiger partial charge in [0.2, 0.25) is 0 Å². The predicted octanol–water partition coefficient (Wildman–Crippen LogP) is 3.66. The fraction of sp³-hybridized carbons (Fsp3) is 0.450. The quantitative estimate of drug-likeness (QED) is 0.321. The lowest BCUT2D eigenvalue weighted by Gasteiger charge is -2.31. The lowest BCUT2D eigenvalue weighted by molar-refractivity contribution is 0.155. The van der Waals surface area contributed by atoms with Gasteiger partial charge in [0.1, 0.15) is 15.3 Å². The molecule has 0 radical (unpaired) electrons. The molecule has 170 valence electrons. The predicted molar refractivity (Wildman–Crippen MR) is 120 cm³/mol. The van der Waals surface area contributed by atoms with Crippen molar-refractivity contribution in [3.8, 4) is 0 Å². The van der Waals surface area contributed by atoms with Gasteiger partial charge in [0.15, 0.2) is 0 Å². The third-order valence-corrected chi connectivity index (χ3v) is 9.42. The van der Waals surface area contributed by atoms with Crippen LogP contribution in [0.5, 0.6) is 0 Å². The molecule has 1 aliphatic heterocycles. The van der Waals surface area contributed by atoms with Gasteiger partial charge in [0.25, 0.3) is 20.1 Å². The summed E-state index contributed by atoms with van der Waals surface area (Å²) in [4.78, 5) is 4.38. The minimum Gasteiger partial charge on any atom is -0.385 e. The minimum atomic E-state index is -4.10. The molecule has 1 aliphatic rings. The largest absolute Gasteiger partial charge is 0.385 e. The maximum absolute atomic E-state index is 13.2. The van der Waals surface area contributed by atoms with Crippen LogP contribution in [0.1, 0.15) is 37.5 Å². The van der Waals surface area contributed by atoms with Crippen molar-refractivity contribution in [2.24, 2.45) is 4.99 Å². The number of aliphatic imine (C=N–C) groups is 1. The van der Waals surface area contributed by atoms with E-state index in [2.05, 4.69) is 4.99 Å². The van der Waals surface area contributed by atoms with E-state index in [-0.39, 0.29) is 22.2 Å². The zero-order chi connectivity index (χ0) is 22.8. The second-order valence-corrected chi connectivity index (χ2v) is 12.2. The lowest BCUT2D eigenvalue weighted by atomic mass is 10.2. The Morgan fingerprint density at radius 3 is 2.55 bits per heavy atom. The molecule has 8 nitrogen and oxygen atoms in total. The molecular weight excluding hydrogens is 460 g/mol. The highest BCUT2D eigenvalue weighted by atomic mass is 32.2. The summed E-state index contributed by atoms with van der Waals surface area (Å²) < 4.78 is 64.0. The smallest absolute Gasteiger partial charge is 0.297 e. The second kappa shape index (κ2) is 9.47. The number of sulfonamides is 1. The summed E-state index contributed by atoms with van der Waals surface area (Å²) >= 11 is 1.02. The Morgan fingerprint density at radius 1 is 1.26 bits per heavy atom. The van der Waals surface area contributed by atoms with E-state index < -0.39 is 26.2 Å². The molecule has 11 heteroatoms. The molecule has 0 spiro atoms. The fourth-order valence-electron chi connectivity index (χ4n) is 3.17. The first-order chi connectivity index (χ1) is 14.5. The number of hydrogen-bond acceptors (Lipinski definition) is 8. The average molecular weight is 487 g/mol. The maximum atomic E-state index is 13.2. The summed E-state index contributed by atoms with van der Waals surface area (Å²) in [5, 5.41) is 0.494. The third kappa shape index (κ3) is 5.41. The van der Waals surface area contributed by atoms with Crippen LogP contribution in [0.4, 0.5) is 5.00 Å². The lowest BCUT2D eigenvalue weighted by Crippen LogP contribution is -2.41. The van der Waals surface area contributed by atoms with Gasteiger partial charge in [-0.15, -0.1) is 11.3 Å². The summed E-state index contributed by atoms with van der Waals surface area (Å²) in [6.45, 7) is 5.95. The number of aryl methyl sites for hydroxylation is 1. The molecule has 1 aromatic carbocycles. The summed E-state index contributed by atoms with van der Waals surface area (Å²) in [5.41, 5.74) is 2.01. The fourth-order valence-corrected chi connectivity index (χ4v) is 7.55. The summed E-state index contributed by atoms with van der Waals surface area (Å²) in [6.07, 6.45) is -0.489. The summed E-state index contributed by atoms with van der Waals surface area (Å²) in [6, 6.07) is 7.93. The highest BCUT2D eigenvalue weighted by Crippen LogP contribution is 2.44. The molecular formula is C20H26N2O6S3. The first kappa shape index (κ1) is 24.0. The van der Waals surface area contributed by atoms with Gasteiger partial charge in [-0.1, -0.05) is 17.7 Å². The van der Waals surface area contributed by atoms with Gasteiger partial charge in [0.05, 0.1) is 4.90 Å². The van der Waals surface area contributed by atoms with Crippen molar-refractivity contribution < 1.29 is 25.8 Å². The van der Waals surface area contributed by atoms with Crippen LogP contribution in [0.3, 0.4) is 0 Å². The number of fused-ring (bicyclic) bond motifs is 1. The number of ether oxygens (including phenoxy) is 1. The van der Waals surface area contributed by atoms with Gasteiger partial charge in [-0.25, -0.2) is 13.4 Å². The Labute approximate surface area is 187 Å². The second-order valence-electron chi connectivity index (χ2n) is 7.45. The van der Waals surface area contributed by atoms with Crippen LogP contribution in [-0.2, 0) is 29.1 Å². The molecule has 1 aromatic heterocycles. The molecule has 31 heavy (non-hydrogen) atoms. The maximum Gasteiger partial charge on any atom is 0.297 e. The van der Waals surface area contributed by atoms with Gasteiger partial charge >= 0.3 is 0 Å². The van der Waals surface area contributed by atoms with Crippen molar-refractivity contribution >= 4 is 42.2 Å². The van der Waals surface area contributed by atoms with Crippen LogP contribution in [0.2, 0.25) is 0 Å². The number of nitrogens with zero attached hydrogens (tertiary/aromatic N) is 2. The Hall–Kier alpha value is -1.63. The van der Waals surface area contributed by atoms with E-state index in [1.807, 2.05) is 6.92 Å². The van der Waals surface area contributed by atoms with E-state index in [1.54, 1.807) is 39.2 Å². The van der Waals surface area contributed by atoms with Crippen LogP contribution >= 0.6 is 11.3 Å². The van der Waals surface area contributed by atoms with Gasteiger partial charge in [-0.05, 0) is 45.4 Å². The van der Waals surface area contributed by atoms with Crippen molar-refractivity contribution in [2.45, 2.75) is 42.4 Å². The molecule has 3 rings (SSSR count). The molecule has 0 amide bonds. The van der Waals surface area contributed by atoms with Crippen LogP contribution in [0, 0.1) is 6.92 Å². The number of rotatable bonds is 8. The minimum absolute atomic E-state index is 0.0249. The van der Waals surface area contributed by atoms with E-state index in [1.165, 1.54) is 16.4 Å². The summed E-state index contributed by atoms with van der Waals surface area (Å²) in [7, 11) is -6.34. The number of methoxy groups -OCH3 is 1. The van der Waals surface area contributed by atoms with Crippen molar-refractivity contribution in [3.63, 3.8) is 0 Å². The third-order valence-electron chi connectivity index (χ3n) is 4.64. The molecule has 0 N–H and O–H groups in total. The van der Waals surface area contributed by atoms with Gasteiger partial charge in [-0.3, -0.25) is 4.18 Å². The average Bonchev–Trinajstić information content (AvgIpc) is 3.10. The van der Waals surface area contributed by atoms with Crippen molar-refractivity contribution in [1.82, 2.24) is 4.31 Å². The molecule has 0 saturated carbocycles. The zero-order valence-corrected chi connectivity index (χ0v) is 20.3. The van der Waals surface area contributed by atoms with Gasteiger partial charge < -0.3 is 4.74 Å². The normalized spacial score (nSPS) is 18.5. The molecule has 2 aromatic rings. The highest BCUT2D eigenvalue weighted by molar-refractivity contribution is 7.91. The molecule has 1 unspecified atom stereocenters. The Balaban J connectivity index is 2.01. The Kier molecular flexibility index (Phi) is 7.34. The number of hydrogen-bond donors (Lipinski definition) is 0. The number of benzene rings is 1. The molecule has 0 saturated heterocycles. The van der Waals surface area contributed by atoms with E-state index in [0.717, 1.165) is 22.6 Å². The van der Waals surface area contributed by atoms with Gasteiger partial charge in [0, 0.05) is 38.1 Å². The SMILES string of the molecule is COCCCN1CC(OS(=O)(=O)c2ccc(C)cc2)c2cc(N=C(C)C)sc2S1(=O)=O. The van der Waals surface area contributed by atoms with Crippen LogP contribution in [0.25, 0.3) is 0 Å². The van der Waals surface area contributed by atoms with Crippen LogP contribution in [-0.4, -0.2) is 53.7 Å². The summed E-state index contributed by atoms with van der Waals surface area (Å²) in [5.74, 6) is 0. The van der Waals surface area contributed by atoms with Crippen molar-refractivity contribution in [1.29, 1.82) is 0 Å². The van der Waals surface area contributed by atoms with Crippen LogP contribution in [0.15, 0.2) is 44.4 Å². The zero-order valence-electron chi connectivity index (χ0n) is 17.9. The molecule has 2 heterocycles. The van der Waals surface area contributed by atoms with Crippen LogP contribution < -0.4 is 0 Å². The molecule has 0 fully saturated rings. The van der Waals surface area contributed by atoms with Gasteiger partial charge in [-0.2, -0.15) is 12.7 Å². The molecule has 1 atom stereocenters. The Bertz CT molecular complexity index is 1160. The number of thiophene rings is 1.